The number of hydrogen-bond acceptors (Lipinski definition) is 4. The van der Waals surface area contributed by atoms with Crippen LogP contribution in [0.25, 0.3) is 0 Å². The van der Waals surface area contributed by atoms with Gasteiger partial charge in [-0.3, -0.25) is 0 Å². The first-order valence-electron chi connectivity index (χ1n) is 8.01. The van der Waals surface area contributed by atoms with Crippen molar-refractivity contribution in [1.82, 2.24) is 15.1 Å². The highest BCUT2D eigenvalue weighted by Gasteiger charge is 2.36. The van der Waals surface area contributed by atoms with Gasteiger partial charge >= 0.3 is 0 Å². The van der Waals surface area contributed by atoms with Crippen LogP contribution in [-0.2, 0) is 4.74 Å². The highest BCUT2D eigenvalue weighted by Crippen LogP contribution is 2.29. The molecule has 2 aliphatic heterocycles. The number of hydrogen-bond donors (Lipinski definition) is 1. The molecule has 4 heteroatoms. The van der Waals surface area contributed by atoms with E-state index in [4.69, 9.17) is 4.74 Å². The van der Waals surface area contributed by atoms with E-state index in [0.29, 0.717) is 5.41 Å². The molecule has 1 atom stereocenters. The van der Waals surface area contributed by atoms with E-state index >= 15 is 0 Å². The molecule has 1 unspecified atom stereocenters. The van der Waals surface area contributed by atoms with E-state index < -0.39 is 0 Å². The van der Waals surface area contributed by atoms with E-state index in [1.165, 1.54) is 52.1 Å². The first-order chi connectivity index (χ1) is 9.28. The fraction of sp³-hybridized carbons (Fsp3) is 1.00. The first-order valence-corrected chi connectivity index (χ1v) is 8.01. The summed E-state index contributed by atoms with van der Waals surface area (Å²) in [7, 11) is 0. The normalized spacial score (nSPS) is 30.0. The topological polar surface area (TPSA) is 27.7 Å². The molecule has 1 N–H and O–H groups in total. The van der Waals surface area contributed by atoms with E-state index in [2.05, 4.69) is 29.0 Å². The second-order valence-electron chi connectivity index (χ2n) is 6.20. The molecule has 2 saturated heterocycles. The minimum atomic E-state index is 0.364. The highest BCUT2D eigenvalue weighted by atomic mass is 16.5. The highest BCUT2D eigenvalue weighted by molar-refractivity contribution is 4.89. The summed E-state index contributed by atoms with van der Waals surface area (Å²) < 4.78 is 5.68. The maximum Gasteiger partial charge on any atom is 0.0547 e. The van der Waals surface area contributed by atoms with Crippen LogP contribution in [0.15, 0.2) is 0 Å². The molecule has 2 rings (SSSR count). The number of ether oxygens (including phenoxy) is 1. The van der Waals surface area contributed by atoms with Crippen molar-refractivity contribution in [2.45, 2.75) is 26.7 Å². The van der Waals surface area contributed by atoms with E-state index in [-0.39, 0.29) is 0 Å². The van der Waals surface area contributed by atoms with Gasteiger partial charge in [-0.15, -0.1) is 0 Å². The van der Waals surface area contributed by atoms with Crippen LogP contribution in [0.5, 0.6) is 0 Å². The Kier molecular flexibility index (Phi) is 6.07. The fourth-order valence-corrected chi connectivity index (χ4v) is 3.32. The van der Waals surface area contributed by atoms with E-state index in [1.807, 2.05) is 0 Å². The van der Waals surface area contributed by atoms with Crippen LogP contribution in [0.1, 0.15) is 26.7 Å². The van der Waals surface area contributed by atoms with E-state index in [9.17, 15) is 0 Å². The largest absolute Gasteiger partial charge is 0.381 e. The van der Waals surface area contributed by atoms with Crippen molar-refractivity contribution in [3.8, 4) is 0 Å². The van der Waals surface area contributed by atoms with Crippen molar-refractivity contribution in [1.29, 1.82) is 0 Å². The van der Waals surface area contributed by atoms with Crippen LogP contribution in [0.4, 0.5) is 0 Å². The quantitative estimate of drug-likeness (QED) is 0.747. The molecular formula is C15H31N3O. The maximum absolute atomic E-state index is 5.68. The zero-order valence-corrected chi connectivity index (χ0v) is 12.8. The zero-order valence-electron chi connectivity index (χ0n) is 12.8. The number of rotatable bonds is 7. The smallest absolute Gasteiger partial charge is 0.0547 e. The summed E-state index contributed by atoms with van der Waals surface area (Å²) in [6.45, 7) is 15.9. The predicted octanol–water partition coefficient (Wildman–Crippen LogP) is 1.03. The lowest BCUT2D eigenvalue weighted by Gasteiger charge is -2.39. The van der Waals surface area contributed by atoms with Gasteiger partial charge in [0, 0.05) is 51.3 Å². The lowest BCUT2D eigenvalue weighted by molar-refractivity contribution is 0.0715. The van der Waals surface area contributed by atoms with Crippen LogP contribution in [0.3, 0.4) is 0 Å². The molecule has 2 aliphatic rings. The zero-order chi connectivity index (χ0) is 13.6. The minimum Gasteiger partial charge on any atom is -0.381 e. The Hall–Kier alpha value is -0.160. The molecule has 0 aliphatic carbocycles. The Morgan fingerprint density at radius 1 is 1.11 bits per heavy atom. The lowest BCUT2D eigenvalue weighted by atomic mass is 9.86. The van der Waals surface area contributed by atoms with E-state index in [0.717, 1.165) is 26.3 Å². The molecule has 4 nitrogen and oxygen atoms in total. The van der Waals surface area contributed by atoms with Crippen molar-refractivity contribution in [3.63, 3.8) is 0 Å². The van der Waals surface area contributed by atoms with Gasteiger partial charge in [-0.25, -0.2) is 0 Å². The standard InChI is InChI=1S/C15H31N3O/c1-3-6-17-7-9-18(10-8-17)13-15(12-16-4-2)5-11-19-14-15/h16H,3-14H2,1-2H3. The average molecular weight is 269 g/mol. The second-order valence-corrected chi connectivity index (χ2v) is 6.20. The number of piperazine rings is 1. The third-order valence-corrected chi connectivity index (χ3v) is 4.50. The number of nitrogens with one attached hydrogen (secondary N) is 1. The third-order valence-electron chi connectivity index (χ3n) is 4.50. The minimum absolute atomic E-state index is 0.364. The summed E-state index contributed by atoms with van der Waals surface area (Å²) >= 11 is 0. The van der Waals surface area contributed by atoms with Gasteiger partial charge in [-0.1, -0.05) is 13.8 Å². The summed E-state index contributed by atoms with van der Waals surface area (Å²) in [4.78, 5) is 5.25. The predicted molar refractivity (Wildman–Crippen MR) is 79.6 cm³/mol. The average Bonchev–Trinajstić information content (AvgIpc) is 2.88. The summed E-state index contributed by atoms with van der Waals surface area (Å²) in [5, 5.41) is 3.53. The summed E-state index contributed by atoms with van der Waals surface area (Å²) in [6.07, 6.45) is 2.49. The van der Waals surface area contributed by atoms with Gasteiger partial charge in [0.2, 0.25) is 0 Å². The van der Waals surface area contributed by atoms with Gasteiger partial charge < -0.3 is 19.9 Å². The molecule has 2 fully saturated rings. The van der Waals surface area contributed by atoms with Gasteiger partial charge in [0.25, 0.3) is 0 Å². The van der Waals surface area contributed by atoms with Crippen LogP contribution in [-0.4, -0.2) is 75.4 Å². The molecule has 19 heavy (non-hydrogen) atoms. The molecule has 112 valence electrons. The van der Waals surface area contributed by atoms with Gasteiger partial charge in [0.05, 0.1) is 6.61 Å². The Labute approximate surface area is 118 Å². The summed E-state index contributed by atoms with van der Waals surface area (Å²) in [6, 6.07) is 0. The molecule has 0 aromatic heterocycles. The second kappa shape index (κ2) is 7.58. The van der Waals surface area contributed by atoms with Gasteiger partial charge in [0.1, 0.15) is 0 Å². The lowest BCUT2D eigenvalue weighted by Crippen LogP contribution is -2.52. The van der Waals surface area contributed by atoms with Crippen LogP contribution >= 0.6 is 0 Å². The Morgan fingerprint density at radius 2 is 1.84 bits per heavy atom. The summed E-state index contributed by atoms with van der Waals surface area (Å²) in [5.74, 6) is 0. The first kappa shape index (κ1) is 15.2. The van der Waals surface area contributed by atoms with Crippen molar-refractivity contribution in [3.05, 3.63) is 0 Å². The van der Waals surface area contributed by atoms with Gasteiger partial charge in [-0.2, -0.15) is 0 Å². The van der Waals surface area contributed by atoms with Gasteiger partial charge in [-0.05, 0) is 25.9 Å². The maximum atomic E-state index is 5.68. The SMILES string of the molecule is CCCN1CCN(CC2(CNCC)CCOC2)CC1. The third kappa shape index (κ3) is 4.42. The molecule has 0 aromatic carbocycles. The van der Waals surface area contributed by atoms with Crippen molar-refractivity contribution >= 4 is 0 Å². The Morgan fingerprint density at radius 3 is 2.42 bits per heavy atom. The number of nitrogens with zero attached hydrogens (tertiary/aromatic N) is 2. The molecule has 0 aromatic rings. The Bertz CT molecular complexity index is 246. The van der Waals surface area contributed by atoms with Crippen LogP contribution in [0, 0.1) is 5.41 Å². The molecule has 2 heterocycles. The summed E-state index contributed by atoms with van der Waals surface area (Å²) in [5.41, 5.74) is 0.364. The molecule has 0 amide bonds. The van der Waals surface area contributed by atoms with E-state index in [1.54, 1.807) is 0 Å². The molecule has 0 bridgehead atoms. The van der Waals surface area contributed by atoms with Crippen molar-refractivity contribution < 1.29 is 4.74 Å². The molecule has 0 radical (unpaired) electrons. The van der Waals surface area contributed by atoms with Crippen molar-refractivity contribution in [2.75, 3.05) is 65.6 Å². The van der Waals surface area contributed by atoms with Crippen LogP contribution in [0.2, 0.25) is 0 Å². The fourth-order valence-electron chi connectivity index (χ4n) is 3.32. The molecule has 0 spiro atoms. The van der Waals surface area contributed by atoms with Gasteiger partial charge in [0.15, 0.2) is 0 Å². The monoisotopic (exact) mass is 269 g/mol. The Balaban J connectivity index is 1.78. The van der Waals surface area contributed by atoms with Crippen molar-refractivity contribution in [2.24, 2.45) is 5.41 Å². The molecular weight excluding hydrogens is 238 g/mol. The molecule has 0 saturated carbocycles. The van der Waals surface area contributed by atoms with Crippen LogP contribution < -0.4 is 5.32 Å².